The summed E-state index contributed by atoms with van der Waals surface area (Å²) in [6.07, 6.45) is 4.60. The smallest absolute Gasteiger partial charge is 0.335 e. The van der Waals surface area contributed by atoms with Crippen LogP contribution in [0.4, 0.5) is 0 Å². The third-order valence-corrected chi connectivity index (χ3v) is 6.98. The Bertz CT molecular complexity index is 1000. The summed E-state index contributed by atoms with van der Waals surface area (Å²) in [5, 5.41) is 9.13. The van der Waals surface area contributed by atoms with E-state index in [0.29, 0.717) is 5.56 Å². The molecular weight excluding hydrogens is 356 g/mol. The lowest BCUT2D eigenvalue weighted by Crippen LogP contribution is -2.36. The minimum Gasteiger partial charge on any atom is -0.478 e. The van der Waals surface area contributed by atoms with Crippen LogP contribution in [0, 0.1) is 20.8 Å². The van der Waals surface area contributed by atoms with Gasteiger partial charge < -0.3 is 5.11 Å². The van der Waals surface area contributed by atoms with E-state index < -0.39 is 5.97 Å². The molecule has 154 valence electrons. The number of rotatable bonds is 3. The van der Waals surface area contributed by atoms with Gasteiger partial charge in [0.25, 0.3) is 0 Å². The quantitative estimate of drug-likeness (QED) is 0.562. The second kappa shape index (κ2) is 7.16. The number of hydrogen-bond donors (Lipinski definition) is 1. The maximum atomic E-state index is 11.1. The van der Waals surface area contributed by atoms with E-state index in [1.165, 1.54) is 46.2 Å². The average Bonchev–Trinajstić information content (AvgIpc) is 2.62. The van der Waals surface area contributed by atoms with Crippen molar-refractivity contribution in [3.8, 4) is 0 Å². The van der Waals surface area contributed by atoms with Crippen LogP contribution in [0.1, 0.15) is 96.8 Å². The van der Waals surface area contributed by atoms with E-state index >= 15 is 0 Å². The minimum absolute atomic E-state index is 0.172. The second-order valence-electron chi connectivity index (χ2n) is 10.0. The molecule has 0 amide bonds. The molecule has 0 atom stereocenters. The fourth-order valence-corrected chi connectivity index (χ4v) is 5.36. The molecule has 2 heteroatoms. The van der Waals surface area contributed by atoms with Gasteiger partial charge in [-0.1, -0.05) is 45.9 Å². The van der Waals surface area contributed by atoms with Gasteiger partial charge in [-0.05, 0) is 108 Å². The van der Waals surface area contributed by atoms with E-state index in [4.69, 9.17) is 5.11 Å². The first kappa shape index (κ1) is 21.4. The van der Waals surface area contributed by atoms with Gasteiger partial charge in [0.05, 0.1) is 5.56 Å². The highest BCUT2D eigenvalue weighted by molar-refractivity contribution is 5.89. The molecule has 0 aromatic heterocycles. The molecule has 0 aliphatic heterocycles. The molecule has 1 aliphatic rings. The van der Waals surface area contributed by atoms with Crippen molar-refractivity contribution < 1.29 is 9.90 Å². The molecule has 0 unspecified atom stereocenters. The van der Waals surface area contributed by atoms with Crippen molar-refractivity contribution in [2.45, 2.75) is 79.1 Å². The SMILES string of the molecule is CC(=Cc1ccc(C(=O)O)cc1)c1c(C)c(C)c2c(c1C)C(C)(C)CCC2(C)C. The predicted molar refractivity (Wildman–Crippen MR) is 123 cm³/mol. The number of benzene rings is 2. The van der Waals surface area contributed by atoms with Gasteiger partial charge in [0, 0.05) is 0 Å². The average molecular weight is 391 g/mol. The van der Waals surface area contributed by atoms with Gasteiger partial charge in [-0.15, -0.1) is 0 Å². The molecule has 0 fully saturated rings. The maximum Gasteiger partial charge on any atom is 0.335 e. The second-order valence-corrected chi connectivity index (χ2v) is 10.0. The molecule has 2 aromatic carbocycles. The Kier molecular flexibility index (Phi) is 5.28. The molecule has 1 N–H and O–H groups in total. The van der Waals surface area contributed by atoms with Crippen molar-refractivity contribution in [2.75, 3.05) is 0 Å². The summed E-state index contributed by atoms with van der Waals surface area (Å²) < 4.78 is 0. The summed E-state index contributed by atoms with van der Waals surface area (Å²) in [6.45, 7) is 18.5. The molecule has 0 heterocycles. The number of carboxylic acid groups (broad SMARTS) is 1. The Morgan fingerprint density at radius 2 is 1.34 bits per heavy atom. The Morgan fingerprint density at radius 1 is 0.862 bits per heavy atom. The zero-order valence-corrected chi connectivity index (χ0v) is 19.2. The van der Waals surface area contributed by atoms with Crippen LogP contribution in [0.3, 0.4) is 0 Å². The lowest BCUT2D eigenvalue weighted by Gasteiger charge is -2.45. The van der Waals surface area contributed by atoms with Gasteiger partial charge in [0.15, 0.2) is 0 Å². The van der Waals surface area contributed by atoms with Crippen LogP contribution in [-0.4, -0.2) is 11.1 Å². The first-order valence-electron chi connectivity index (χ1n) is 10.5. The van der Waals surface area contributed by atoms with Gasteiger partial charge in [0.1, 0.15) is 0 Å². The Hall–Kier alpha value is -2.35. The Balaban J connectivity index is 2.20. The maximum absolute atomic E-state index is 11.1. The molecule has 0 saturated heterocycles. The molecule has 3 rings (SSSR count). The van der Waals surface area contributed by atoms with E-state index in [0.717, 1.165) is 5.56 Å². The molecule has 29 heavy (non-hydrogen) atoms. The molecule has 0 bridgehead atoms. The number of fused-ring (bicyclic) bond motifs is 1. The largest absolute Gasteiger partial charge is 0.478 e. The summed E-state index contributed by atoms with van der Waals surface area (Å²) in [7, 11) is 0. The van der Waals surface area contributed by atoms with E-state index in [1.54, 1.807) is 17.7 Å². The number of allylic oxidation sites excluding steroid dienone is 1. The summed E-state index contributed by atoms with van der Waals surface area (Å²) in [4.78, 5) is 11.1. The van der Waals surface area contributed by atoms with Crippen molar-refractivity contribution in [3.63, 3.8) is 0 Å². The Labute approximate surface area is 175 Å². The van der Waals surface area contributed by atoms with Crippen LogP contribution in [-0.2, 0) is 10.8 Å². The van der Waals surface area contributed by atoms with Gasteiger partial charge >= 0.3 is 5.97 Å². The molecule has 0 saturated carbocycles. The fraction of sp³-hybridized carbons (Fsp3) is 0.444. The lowest BCUT2D eigenvalue weighted by molar-refractivity contribution is 0.0697. The normalized spacial score (nSPS) is 17.7. The standard InChI is InChI=1S/C27H34O2/c1-16(15-20-9-11-21(12-10-20)25(28)29)22-17(2)18(3)23-24(19(22)4)27(7,8)14-13-26(23,5)6/h9-12,15H,13-14H2,1-8H3,(H,28,29). The zero-order chi connectivity index (χ0) is 21.7. The van der Waals surface area contributed by atoms with Crippen molar-refractivity contribution >= 4 is 17.6 Å². The first-order valence-corrected chi connectivity index (χ1v) is 10.5. The summed E-state index contributed by atoms with van der Waals surface area (Å²) in [5.41, 5.74) is 11.6. The molecule has 2 aromatic rings. The monoisotopic (exact) mass is 390 g/mol. The lowest BCUT2D eigenvalue weighted by atomic mass is 9.59. The number of carbonyl (C=O) groups is 1. The predicted octanol–water partition coefficient (Wildman–Crippen LogP) is 7.22. The van der Waals surface area contributed by atoms with E-state index in [1.807, 2.05) is 12.1 Å². The van der Waals surface area contributed by atoms with Crippen LogP contribution >= 0.6 is 0 Å². The van der Waals surface area contributed by atoms with E-state index in [9.17, 15) is 4.79 Å². The highest BCUT2D eigenvalue weighted by Crippen LogP contribution is 2.50. The zero-order valence-electron chi connectivity index (χ0n) is 19.2. The molecule has 0 spiro atoms. The van der Waals surface area contributed by atoms with Crippen molar-refractivity contribution in [1.29, 1.82) is 0 Å². The fourth-order valence-electron chi connectivity index (χ4n) is 5.36. The van der Waals surface area contributed by atoms with Gasteiger partial charge in [0.2, 0.25) is 0 Å². The van der Waals surface area contributed by atoms with Crippen LogP contribution < -0.4 is 0 Å². The third-order valence-electron chi connectivity index (χ3n) is 6.98. The summed E-state index contributed by atoms with van der Waals surface area (Å²) in [6, 6.07) is 7.11. The van der Waals surface area contributed by atoms with E-state index in [2.05, 4.69) is 61.5 Å². The van der Waals surface area contributed by atoms with Crippen LogP contribution in [0.25, 0.3) is 11.6 Å². The topological polar surface area (TPSA) is 37.3 Å². The van der Waals surface area contributed by atoms with Gasteiger partial charge in [-0.3, -0.25) is 0 Å². The van der Waals surface area contributed by atoms with Crippen molar-refractivity contribution in [3.05, 3.63) is 68.8 Å². The molecule has 1 aliphatic carbocycles. The van der Waals surface area contributed by atoms with Crippen LogP contribution in [0.5, 0.6) is 0 Å². The van der Waals surface area contributed by atoms with Crippen molar-refractivity contribution in [2.24, 2.45) is 0 Å². The summed E-state index contributed by atoms with van der Waals surface area (Å²) >= 11 is 0. The van der Waals surface area contributed by atoms with Gasteiger partial charge in [-0.2, -0.15) is 0 Å². The summed E-state index contributed by atoms with van der Waals surface area (Å²) in [5.74, 6) is -0.890. The molecule has 0 radical (unpaired) electrons. The first-order chi connectivity index (χ1) is 13.4. The molecule has 2 nitrogen and oxygen atoms in total. The van der Waals surface area contributed by atoms with Crippen molar-refractivity contribution in [1.82, 2.24) is 0 Å². The number of aromatic carboxylic acids is 1. The highest BCUT2D eigenvalue weighted by atomic mass is 16.4. The minimum atomic E-state index is -0.890. The number of hydrogen-bond acceptors (Lipinski definition) is 1. The Morgan fingerprint density at radius 3 is 1.83 bits per heavy atom. The number of carboxylic acids is 1. The highest BCUT2D eigenvalue weighted by Gasteiger charge is 2.40. The third kappa shape index (κ3) is 3.66. The van der Waals surface area contributed by atoms with E-state index in [-0.39, 0.29) is 10.8 Å². The van der Waals surface area contributed by atoms with Crippen LogP contribution in [0.15, 0.2) is 24.3 Å². The van der Waals surface area contributed by atoms with Gasteiger partial charge in [-0.25, -0.2) is 4.79 Å². The molecular formula is C27H34O2. The van der Waals surface area contributed by atoms with Crippen LogP contribution in [0.2, 0.25) is 0 Å².